The van der Waals surface area contributed by atoms with E-state index in [-0.39, 0.29) is 6.10 Å². The molecule has 144 valence electrons. The van der Waals surface area contributed by atoms with Crippen LogP contribution in [0.1, 0.15) is 31.1 Å². The van der Waals surface area contributed by atoms with Gasteiger partial charge in [0.25, 0.3) is 0 Å². The van der Waals surface area contributed by atoms with Crippen LogP contribution in [0.2, 0.25) is 0 Å². The number of furan rings is 1. The van der Waals surface area contributed by atoms with Crippen LogP contribution in [0.5, 0.6) is 11.5 Å². The summed E-state index contributed by atoms with van der Waals surface area (Å²) in [6, 6.07) is 17.4. The van der Waals surface area contributed by atoms with E-state index in [0.717, 1.165) is 22.6 Å². The second-order valence-corrected chi connectivity index (χ2v) is 6.79. The number of benzene rings is 2. The number of amidine groups is 1. The maximum atomic E-state index is 6.62. The molecule has 2 N–H and O–H groups in total. The van der Waals surface area contributed by atoms with Crippen LogP contribution in [0.4, 0.5) is 11.6 Å². The van der Waals surface area contributed by atoms with Crippen molar-refractivity contribution in [3.05, 3.63) is 72.0 Å². The summed E-state index contributed by atoms with van der Waals surface area (Å²) in [4.78, 5) is 6.73. The smallest absolute Gasteiger partial charge is 0.227 e. The average molecular weight is 377 g/mol. The van der Waals surface area contributed by atoms with E-state index < -0.39 is 6.17 Å². The van der Waals surface area contributed by atoms with E-state index in [0.29, 0.717) is 17.5 Å². The Kier molecular flexibility index (Phi) is 4.79. The number of nitrogens with zero attached hydrogens (tertiary/aromatic N) is 2. The van der Waals surface area contributed by atoms with Crippen LogP contribution < -0.4 is 20.1 Å². The van der Waals surface area contributed by atoms with Crippen molar-refractivity contribution in [3.8, 4) is 11.5 Å². The highest BCUT2D eigenvalue weighted by Gasteiger charge is 2.32. The molecule has 1 aliphatic heterocycles. The molecule has 1 atom stereocenters. The quantitative estimate of drug-likeness (QED) is 0.702. The predicted octanol–water partition coefficient (Wildman–Crippen LogP) is 4.63. The maximum Gasteiger partial charge on any atom is 0.227 e. The summed E-state index contributed by atoms with van der Waals surface area (Å²) in [6.07, 6.45) is 1.28. The fourth-order valence-electron chi connectivity index (χ4n) is 3.31. The molecular weight excluding hydrogens is 354 g/mol. The van der Waals surface area contributed by atoms with Crippen LogP contribution in [-0.4, -0.2) is 19.0 Å². The summed E-state index contributed by atoms with van der Waals surface area (Å²) >= 11 is 0. The van der Waals surface area contributed by atoms with Crippen LogP contribution >= 0.6 is 0 Å². The molecule has 1 aromatic heterocycles. The second kappa shape index (κ2) is 7.40. The number of methoxy groups -OCH3 is 1. The molecule has 0 aliphatic carbocycles. The number of para-hydroxylation sites is 1. The first-order chi connectivity index (χ1) is 13.6. The van der Waals surface area contributed by atoms with Gasteiger partial charge in [-0.15, -0.1) is 0 Å². The molecule has 3 aromatic rings. The predicted molar refractivity (Wildman–Crippen MR) is 110 cm³/mol. The molecule has 1 aliphatic rings. The third-order valence-corrected chi connectivity index (χ3v) is 4.54. The van der Waals surface area contributed by atoms with Crippen molar-refractivity contribution in [1.29, 1.82) is 0 Å². The van der Waals surface area contributed by atoms with Crippen LogP contribution in [0, 0.1) is 0 Å². The zero-order chi connectivity index (χ0) is 19.7. The van der Waals surface area contributed by atoms with Gasteiger partial charge in [-0.05, 0) is 56.3 Å². The Morgan fingerprint density at radius 2 is 1.82 bits per heavy atom. The molecule has 0 radical (unpaired) electrons. The van der Waals surface area contributed by atoms with Gasteiger partial charge in [-0.3, -0.25) is 0 Å². The molecule has 0 saturated carbocycles. The third kappa shape index (κ3) is 3.23. The monoisotopic (exact) mass is 377 g/mol. The molecule has 0 fully saturated rings. The minimum atomic E-state index is -0.442. The fraction of sp³-hybridized carbons (Fsp3) is 0.227. The molecular formula is C22H23N3O3. The van der Waals surface area contributed by atoms with E-state index in [4.69, 9.17) is 24.6 Å². The molecule has 28 heavy (non-hydrogen) atoms. The lowest BCUT2D eigenvalue weighted by atomic mass is 10.1. The molecule has 6 nitrogen and oxygen atoms in total. The summed E-state index contributed by atoms with van der Waals surface area (Å²) in [5.74, 6) is 2.71. The summed E-state index contributed by atoms with van der Waals surface area (Å²) < 4.78 is 16.9. The van der Waals surface area contributed by atoms with Crippen LogP contribution in [-0.2, 0) is 0 Å². The van der Waals surface area contributed by atoms with Gasteiger partial charge < -0.3 is 24.5 Å². The van der Waals surface area contributed by atoms with Crippen LogP contribution in [0.15, 0.2) is 70.3 Å². The lowest BCUT2D eigenvalue weighted by molar-refractivity contribution is 0.242. The number of rotatable bonds is 5. The van der Waals surface area contributed by atoms with Crippen molar-refractivity contribution in [1.82, 2.24) is 0 Å². The molecule has 2 heterocycles. The molecule has 0 amide bonds. The van der Waals surface area contributed by atoms with Gasteiger partial charge in [0.15, 0.2) is 0 Å². The normalized spacial score (nSPS) is 16.0. The van der Waals surface area contributed by atoms with Gasteiger partial charge in [0.1, 0.15) is 23.5 Å². The summed E-state index contributed by atoms with van der Waals surface area (Å²) in [6.45, 7) is 4.00. The highest BCUT2D eigenvalue weighted by molar-refractivity contribution is 6.13. The Hall–Kier alpha value is -3.25. The average Bonchev–Trinajstić information content (AvgIpc) is 3.17. The van der Waals surface area contributed by atoms with Crippen molar-refractivity contribution >= 4 is 17.4 Å². The number of hydrogen-bond acceptors (Lipinski definition) is 6. The lowest BCUT2D eigenvalue weighted by Crippen LogP contribution is -2.42. The zero-order valence-electron chi connectivity index (χ0n) is 16.1. The fourth-order valence-corrected chi connectivity index (χ4v) is 3.31. The first-order valence-electron chi connectivity index (χ1n) is 9.19. The maximum absolute atomic E-state index is 6.62. The number of ether oxygens (including phenoxy) is 2. The number of hydrogen-bond donors (Lipinski definition) is 1. The first-order valence-corrected chi connectivity index (χ1v) is 9.19. The molecule has 4 rings (SSSR count). The van der Waals surface area contributed by atoms with Crippen molar-refractivity contribution in [2.45, 2.75) is 26.1 Å². The van der Waals surface area contributed by atoms with Gasteiger partial charge in [-0.2, -0.15) is 4.99 Å². The van der Waals surface area contributed by atoms with Gasteiger partial charge >= 0.3 is 0 Å². The van der Waals surface area contributed by atoms with E-state index in [1.807, 2.05) is 73.3 Å². The van der Waals surface area contributed by atoms with Gasteiger partial charge in [-0.25, -0.2) is 0 Å². The molecule has 0 spiro atoms. The van der Waals surface area contributed by atoms with Crippen LogP contribution in [0.25, 0.3) is 0 Å². The van der Waals surface area contributed by atoms with Gasteiger partial charge in [0, 0.05) is 5.69 Å². The highest BCUT2D eigenvalue weighted by Crippen LogP contribution is 2.39. The Balaban J connectivity index is 1.81. The lowest BCUT2D eigenvalue weighted by Gasteiger charge is -2.35. The zero-order valence-corrected chi connectivity index (χ0v) is 16.1. The number of nitrogens with two attached hydrogens (primary N) is 1. The number of anilines is 1. The van der Waals surface area contributed by atoms with Crippen molar-refractivity contribution in [3.63, 3.8) is 0 Å². The van der Waals surface area contributed by atoms with Crippen molar-refractivity contribution in [2.24, 2.45) is 10.7 Å². The standard InChI is InChI=1S/C22H23N3O3/c1-14(2)28-16-10-8-15(9-11-16)25-20(23)18-12-13-27-22(18)24-21(25)17-6-4-5-7-19(17)26-3/h4-14,20H,23H2,1-3H3. The summed E-state index contributed by atoms with van der Waals surface area (Å²) in [5, 5.41) is 0. The third-order valence-electron chi connectivity index (χ3n) is 4.54. The summed E-state index contributed by atoms with van der Waals surface area (Å²) in [5.41, 5.74) is 9.19. The SMILES string of the molecule is COc1ccccc1C1=Nc2occc2C(N)N1c1ccc(OC(C)C)cc1. The first kappa shape index (κ1) is 18.1. The molecule has 0 saturated heterocycles. The minimum absolute atomic E-state index is 0.113. The van der Waals surface area contributed by atoms with E-state index in [2.05, 4.69) is 0 Å². The Labute approximate surface area is 164 Å². The molecule has 6 heteroatoms. The Morgan fingerprint density at radius 3 is 2.54 bits per heavy atom. The molecule has 0 bridgehead atoms. The second-order valence-electron chi connectivity index (χ2n) is 6.79. The Bertz CT molecular complexity index is 992. The van der Waals surface area contributed by atoms with E-state index in [1.165, 1.54) is 0 Å². The van der Waals surface area contributed by atoms with Crippen molar-refractivity contribution < 1.29 is 13.9 Å². The number of fused-ring (bicyclic) bond motifs is 1. The van der Waals surface area contributed by atoms with E-state index in [1.54, 1.807) is 13.4 Å². The van der Waals surface area contributed by atoms with Gasteiger partial charge in [-0.1, -0.05) is 12.1 Å². The largest absolute Gasteiger partial charge is 0.496 e. The highest BCUT2D eigenvalue weighted by atomic mass is 16.5. The van der Waals surface area contributed by atoms with Crippen LogP contribution in [0.3, 0.4) is 0 Å². The van der Waals surface area contributed by atoms with Crippen molar-refractivity contribution in [2.75, 3.05) is 12.0 Å². The Morgan fingerprint density at radius 1 is 1.07 bits per heavy atom. The number of aliphatic imine (C=N–C) groups is 1. The molecule has 2 aromatic carbocycles. The van der Waals surface area contributed by atoms with Gasteiger partial charge in [0.05, 0.1) is 30.6 Å². The topological polar surface area (TPSA) is 73.2 Å². The van der Waals surface area contributed by atoms with E-state index in [9.17, 15) is 0 Å². The van der Waals surface area contributed by atoms with Gasteiger partial charge in [0.2, 0.25) is 5.88 Å². The summed E-state index contributed by atoms with van der Waals surface area (Å²) in [7, 11) is 1.64. The minimum Gasteiger partial charge on any atom is -0.496 e. The van der Waals surface area contributed by atoms with E-state index >= 15 is 0 Å². The molecule has 1 unspecified atom stereocenters.